The highest BCUT2D eigenvalue weighted by Gasteiger charge is 2.34. The van der Waals surface area contributed by atoms with Crippen LogP contribution in [0.2, 0.25) is 0 Å². The minimum absolute atomic E-state index is 0.0124. The molecule has 0 atom stereocenters. The molecule has 11 heteroatoms. The molecule has 6 rings (SSSR count). The van der Waals surface area contributed by atoms with Gasteiger partial charge in [-0.25, -0.2) is 9.78 Å². The van der Waals surface area contributed by atoms with Crippen LogP contribution in [0.4, 0.5) is 13.9 Å². The van der Waals surface area contributed by atoms with E-state index in [0.717, 1.165) is 71.0 Å². The molecule has 4 aromatic rings. The molecule has 39 heavy (non-hydrogen) atoms. The number of aryl methyl sites for hydroxylation is 1. The number of aromatic carboxylic acids is 1. The van der Waals surface area contributed by atoms with Crippen LogP contribution in [0.15, 0.2) is 40.9 Å². The Bertz CT molecular complexity index is 1510. The molecular weight excluding hydrogens is 528 g/mol. The number of thiazole rings is 1. The van der Waals surface area contributed by atoms with E-state index < -0.39 is 12.6 Å². The standard InChI is InChI=1S/C28H27F2N3O5S/c1-15-12-17(26(34)35)13-22-23(15)31-28(39-22)33-10-8-18(9-11-33)36-14-20-24(32-38-25(20)16-6-7-16)19-4-2-3-5-21(19)37-27(29)30/h2-5,12-13,16,18,27H,6-11,14H2,1H3,(H,34,35). The number of piperidine rings is 1. The molecule has 1 aliphatic heterocycles. The summed E-state index contributed by atoms with van der Waals surface area (Å²) in [5, 5.41) is 14.5. The van der Waals surface area contributed by atoms with Crippen molar-refractivity contribution >= 4 is 32.7 Å². The molecule has 1 saturated carbocycles. The zero-order valence-electron chi connectivity index (χ0n) is 21.2. The Hall–Kier alpha value is -3.57. The predicted molar refractivity (Wildman–Crippen MR) is 142 cm³/mol. The minimum atomic E-state index is -2.94. The number of hydrogen-bond acceptors (Lipinski definition) is 8. The fraction of sp³-hybridized carbons (Fsp3) is 0.393. The van der Waals surface area contributed by atoms with Crippen molar-refractivity contribution in [1.82, 2.24) is 10.1 Å². The van der Waals surface area contributed by atoms with Crippen molar-refractivity contribution in [3.63, 3.8) is 0 Å². The summed E-state index contributed by atoms with van der Waals surface area (Å²) >= 11 is 1.50. The Kier molecular flexibility index (Phi) is 6.94. The van der Waals surface area contributed by atoms with Gasteiger partial charge in [-0.1, -0.05) is 28.6 Å². The van der Waals surface area contributed by atoms with Crippen LogP contribution >= 0.6 is 11.3 Å². The van der Waals surface area contributed by atoms with Gasteiger partial charge in [0.2, 0.25) is 0 Å². The molecule has 2 fully saturated rings. The second-order valence-corrected chi connectivity index (χ2v) is 11.0. The van der Waals surface area contributed by atoms with E-state index in [1.54, 1.807) is 30.3 Å². The SMILES string of the molecule is Cc1cc(C(=O)O)cc2sc(N3CCC(OCc4c(-c5ccccc5OC(F)F)noc4C4CC4)CC3)nc12. The number of nitrogens with zero attached hydrogens (tertiary/aromatic N) is 3. The number of anilines is 1. The van der Waals surface area contributed by atoms with Gasteiger partial charge in [0.15, 0.2) is 5.13 Å². The number of carbonyl (C=O) groups is 1. The first-order chi connectivity index (χ1) is 18.9. The van der Waals surface area contributed by atoms with E-state index in [-0.39, 0.29) is 29.9 Å². The number of aromatic nitrogens is 2. The topological polar surface area (TPSA) is 97.9 Å². The molecule has 2 aromatic heterocycles. The lowest BCUT2D eigenvalue weighted by Crippen LogP contribution is -2.37. The van der Waals surface area contributed by atoms with Crippen LogP contribution in [-0.2, 0) is 11.3 Å². The lowest BCUT2D eigenvalue weighted by Gasteiger charge is -2.31. The van der Waals surface area contributed by atoms with Gasteiger partial charge in [0, 0.05) is 30.1 Å². The molecule has 2 aliphatic rings. The van der Waals surface area contributed by atoms with E-state index in [1.807, 2.05) is 6.92 Å². The van der Waals surface area contributed by atoms with Crippen molar-refractivity contribution in [3.05, 3.63) is 58.8 Å². The molecule has 204 valence electrons. The molecule has 1 aliphatic carbocycles. The molecule has 0 amide bonds. The number of carboxylic acid groups (broad SMARTS) is 1. The van der Waals surface area contributed by atoms with Gasteiger partial charge in [-0.3, -0.25) is 0 Å². The Labute approximate surface area is 227 Å². The van der Waals surface area contributed by atoms with Crippen molar-refractivity contribution in [2.45, 2.75) is 57.8 Å². The van der Waals surface area contributed by atoms with Crippen LogP contribution in [0, 0.1) is 6.92 Å². The summed E-state index contributed by atoms with van der Waals surface area (Å²) in [4.78, 5) is 18.4. The van der Waals surface area contributed by atoms with E-state index in [4.69, 9.17) is 19.0 Å². The van der Waals surface area contributed by atoms with E-state index in [0.29, 0.717) is 11.3 Å². The lowest BCUT2D eigenvalue weighted by atomic mass is 10.0. The van der Waals surface area contributed by atoms with Crippen LogP contribution in [0.3, 0.4) is 0 Å². The van der Waals surface area contributed by atoms with Gasteiger partial charge in [0.25, 0.3) is 0 Å². The van der Waals surface area contributed by atoms with Crippen molar-refractivity contribution in [2.24, 2.45) is 0 Å². The Balaban J connectivity index is 1.15. The minimum Gasteiger partial charge on any atom is -0.478 e. The van der Waals surface area contributed by atoms with Gasteiger partial charge in [-0.15, -0.1) is 0 Å². The number of hydrogen-bond donors (Lipinski definition) is 1. The second-order valence-electron chi connectivity index (χ2n) is 9.96. The van der Waals surface area contributed by atoms with Crippen molar-refractivity contribution < 1.29 is 32.7 Å². The Morgan fingerprint density at radius 1 is 1.21 bits per heavy atom. The quantitative estimate of drug-likeness (QED) is 0.246. The number of benzene rings is 2. The smallest absolute Gasteiger partial charge is 0.387 e. The van der Waals surface area contributed by atoms with E-state index in [9.17, 15) is 18.7 Å². The highest BCUT2D eigenvalue weighted by molar-refractivity contribution is 7.22. The molecule has 3 heterocycles. The maximum atomic E-state index is 13.0. The maximum absolute atomic E-state index is 13.0. The third-order valence-corrected chi connectivity index (χ3v) is 8.29. The second kappa shape index (κ2) is 10.5. The lowest BCUT2D eigenvalue weighted by molar-refractivity contribution is -0.0494. The molecule has 1 N–H and O–H groups in total. The number of halogens is 2. The summed E-state index contributed by atoms with van der Waals surface area (Å²) in [5.74, 6) is 0.150. The zero-order valence-corrected chi connectivity index (χ0v) is 22.0. The third kappa shape index (κ3) is 5.33. The summed E-state index contributed by atoms with van der Waals surface area (Å²) in [6, 6.07) is 9.93. The van der Waals surface area contributed by atoms with Crippen LogP contribution < -0.4 is 9.64 Å². The maximum Gasteiger partial charge on any atom is 0.387 e. The summed E-state index contributed by atoms with van der Waals surface area (Å²) in [6.45, 7) is 0.727. The molecule has 0 bridgehead atoms. The monoisotopic (exact) mass is 555 g/mol. The zero-order chi connectivity index (χ0) is 27.1. The van der Waals surface area contributed by atoms with Crippen molar-refractivity contribution in [2.75, 3.05) is 18.0 Å². The average Bonchev–Trinajstić information content (AvgIpc) is 3.52. The van der Waals surface area contributed by atoms with Crippen LogP contribution in [0.25, 0.3) is 21.5 Å². The summed E-state index contributed by atoms with van der Waals surface area (Å²) in [5.41, 5.74) is 3.69. The van der Waals surface area contributed by atoms with Gasteiger partial charge in [-0.2, -0.15) is 8.78 Å². The fourth-order valence-electron chi connectivity index (χ4n) is 5.06. The number of ether oxygens (including phenoxy) is 2. The van der Waals surface area contributed by atoms with Crippen molar-refractivity contribution in [3.8, 4) is 17.0 Å². The Morgan fingerprint density at radius 3 is 2.69 bits per heavy atom. The van der Waals surface area contributed by atoms with Crippen molar-refractivity contribution in [1.29, 1.82) is 0 Å². The molecule has 8 nitrogen and oxygen atoms in total. The molecule has 0 unspecified atom stereocenters. The summed E-state index contributed by atoms with van der Waals surface area (Å²) in [6.07, 6.45) is 3.60. The van der Waals surface area contributed by atoms with E-state index in [2.05, 4.69) is 10.1 Å². The average molecular weight is 556 g/mol. The first-order valence-electron chi connectivity index (χ1n) is 12.9. The van der Waals surface area contributed by atoms with Gasteiger partial charge in [0.05, 0.1) is 28.5 Å². The molecule has 1 saturated heterocycles. The van der Waals surface area contributed by atoms with Gasteiger partial charge >= 0.3 is 12.6 Å². The normalized spacial score (nSPS) is 16.4. The van der Waals surface area contributed by atoms with Gasteiger partial charge in [-0.05, 0) is 62.4 Å². The number of rotatable bonds is 9. The van der Waals surface area contributed by atoms with Crippen LogP contribution in [-0.4, -0.2) is 47.0 Å². The van der Waals surface area contributed by atoms with Gasteiger partial charge in [0.1, 0.15) is 17.2 Å². The number of carboxylic acids is 1. The third-order valence-electron chi connectivity index (χ3n) is 7.22. The molecule has 0 radical (unpaired) electrons. The first kappa shape index (κ1) is 25.7. The summed E-state index contributed by atoms with van der Waals surface area (Å²) in [7, 11) is 0. The first-order valence-corrected chi connectivity index (χ1v) is 13.7. The highest BCUT2D eigenvalue weighted by Crippen LogP contribution is 2.45. The number of alkyl halides is 2. The van der Waals surface area contributed by atoms with Crippen LogP contribution in [0.1, 0.15) is 58.8 Å². The van der Waals surface area contributed by atoms with Crippen LogP contribution in [0.5, 0.6) is 5.75 Å². The molecule has 2 aromatic carbocycles. The number of para-hydroxylation sites is 1. The Morgan fingerprint density at radius 2 is 1.97 bits per heavy atom. The van der Waals surface area contributed by atoms with E-state index >= 15 is 0 Å². The molecule has 0 spiro atoms. The van der Waals surface area contributed by atoms with E-state index in [1.165, 1.54) is 17.4 Å². The largest absolute Gasteiger partial charge is 0.478 e. The number of fused-ring (bicyclic) bond motifs is 1. The van der Waals surface area contributed by atoms with Gasteiger partial charge < -0.3 is 24.0 Å². The highest BCUT2D eigenvalue weighted by atomic mass is 32.1. The fourth-order valence-corrected chi connectivity index (χ4v) is 6.19. The molecular formula is C28H27F2N3O5S. The predicted octanol–water partition coefficient (Wildman–Crippen LogP) is 6.62. The summed E-state index contributed by atoms with van der Waals surface area (Å²) < 4.78 is 43.7.